The van der Waals surface area contributed by atoms with E-state index in [0.29, 0.717) is 19.8 Å². The van der Waals surface area contributed by atoms with Crippen LogP contribution in [0, 0.1) is 0 Å². The van der Waals surface area contributed by atoms with Crippen molar-refractivity contribution < 1.29 is 14.3 Å². The van der Waals surface area contributed by atoms with Crippen molar-refractivity contribution >= 4 is 5.78 Å². The predicted molar refractivity (Wildman–Crippen MR) is 83.0 cm³/mol. The largest absolute Gasteiger partial charge is 0.494 e. The van der Waals surface area contributed by atoms with Crippen LogP contribution < -0.4 is 4.74 Å². The van der Waals surface area contributed by atoms with Crippen molar-refractivity contribution in [1.29, 1.82) is 0 Å². The van der Waals surface area contributed by atoms with E-state index >= 15 is 0 Å². The van der Waals surface area contributed by atoms with Crippen molar-refractivity contribution in [2.45, 2.75) is 32.7 Å². The zero-order valence-corrected chi connectivity index (χ0v) is 13.2. The maximum atomic E-state index is 12.8. The molecule has 1 saturated heterocycles. The highest BCUT2D eigenvalue weighted by Crippen LogP contribution is 2.23. The van der Waals surface area contributed by atoms with Gasteiger partial charge in [-0.25, -0.2) is 0 Å². The quantitative estimate of drug-likeness (QED) is 0.756. The Bertz CT molecular complexity index is 461. The lowest BCUT2D eigenvalue weighted by Gasteiger charge is -2.39. The molecule has 0 bridgehead atoms. The average molecular weight is 291 g/mol. The van der Waals surface area contributed by atoms with Gasteiger partial charge in [-0.1, -0.05) is 6.92 Å². The molecule has 0 amide bonds. The number of carbonyl (C=O) groups excluding carboxylic acids is 1. The van der Waals surface area contributed by atoms with Crippen molar-refractivity contribution in [3.05, 3.63) is 29.8 Å². The summed E-state index contributed by atoms with van der Waals surface area (Å²) in [5.74, 6) is 0.962. The molecule has 116 valence electrons. The van der Waals surface area contributed by atoms with Crippen LogP contribution in [0.1, 0.15) is 37.6 Å². The van der Waals surface area contributed by atoms with Gasteiger partial charge in [0, 0.05) is 18.7 Å². The number of nitrogens with zero attached hydrogens (tertiary/aromatic N) is 1. The SMILES string of the molecule is CCCOc1ccc(C(=O)C(C)(C)N2CCOCC2)cc1. The molecule has 4 nitrogen and oxygen atoms in total. The smallest absolute Gasteiger partial charge is 0.182 e. The van der Waals surface area contributed by atoms with E-state index in [2.05, 4.69) is 11.8 Å². The minimum absolute atomic E-state index is 0.145. The Morgan fingerprint density at radius 3 is 2.43 bits per heavy atom. The number of hydrogen-bond acceptors (Lipinski definition) is 4. The molecule has 0 aliphatic carbocycles. The minimum atomic E-state index is -0.504. The maximum absolute atomic E-state index is 12.8. The van der Waals surface area contributed by atoms with Crippen LogP contribution in [-0.4, -0.2) is 49.1 Å². The molecule has 1 aromatic carbocycles. The summed E-state index contributed by atoms with van der Waals surface area (Å²) in [6.07, 6.45) is 0.977. The van der Waals surface area contributed by atoms with E-state index in [1.807, 2.05) is 38.1 Å². The molecular weight excluding hydrogens is 266 g/mol. The van der Waals surface area contributed by atoms with Crippen LogP contribution >= 0.6 is 0 Å². The highest BCUT2D eigenvalue weighted by molar-refractivity contribution is 6.02. The molecule has 0 spiro atoms. The molecule has 1 aliphatic heterocycles. The molecule has 21 heavy (non-hydrogen) atoms. The Morgan fingerprint density at radius 2 is 1.86 bits per heavy atom. The van der Waals surface area contributed by atoms with Crippen LogP contribution in [0.15, 0.2) is 24.3 Å². The van der Waals surface area contributed by atoms with Gasteiger partial charge in [-0.15, -0.1) is 0 Å². The third-order valence-electron chi connectivity index (χ3n) is 3.95. The molecule has 0 atom stereocenters. The molecule has 0 radical (unpaired) electrons. The van der Waals surface area contributed by atoms with Gasteiger partial charge in [-0.2, -0.15) is 0 Å². The topological polar surface area (TPSA) is 38.8 Å². The van der Waals surface area contributed by atoms with Gasteiger partial charge in [0.2, 0.25) is 0 Å². The van der Waals surface area contributed by atoms with E-state index in [1.54, 1.807) is 0 Å². The number of benzene rings is 1. The average Bonchev–Trinajstić information content (AvgIpc) is 2.53. The fourth-order valence-electron chi connectivity index (χ4n) is 2.54. The lowest BCUT2D eigenvalue weighted by atomic mass is 9.91. The number of rotatable bonds is 6. The van der Waals surface area contributed by atoms with Crippen LogP contribution in [0.4, 0.5) is 0 Å². The third kappa shape index (κ3) is 3.83. The summed E-state index contributed by atoms with van der Waals surface area (Å²) in [4.78, 5) is 15.0. The second-order valence-corrected chi connectivity index (χ2v) is 5.86. The van der Waals surface area contributed by atoms with E-state index in [1.165, 1.54) is 0 Å². The number of ether oxygens (including phenoxy) is 2. The van der Waals surface area contributed by atoms with Crippen molar-refractivity contribution in [2.24, 2.45) is 0 Å². The van der Waals surface area contributed by atoms with E-state index in [9.17, 15) is 4.79 Å². The highest BCUT2D eigenvalue weighted by atomic mass is 16.5. The molecule has 0 aromatic heterocycles. The molecule has 2 rings (SSSR count). The number of Topliss-reactive ketones (excluding diaryl/α,β-unsaturated/α-hetero) is 1. The van der Waals surface area contributed by atoms with Gasteiger partial charge in [0.1, 0.15) is 5.75 Å². The fraction of sp³-hybridized carbons (Fsp3) is 0.588. The molecule has 1 aromatic rings. The Balaban J connectivity index is 2.07. The Labute approximate surface area is 127 Å². The zero-order chi connectivity index (χ0) is 15.3. The van der Waals surface area contributed by atoms with Gasteiger partial charge in [-0.3, -0.25) is 9.69 Å². The van der Waals surface area contributed by atoms with Gasteiger partial charge in [0.15, 0.2) is 5.78 Å². The van der Waals surface area contributed by atoms with Gasteiger partial charge in [0.25, 0.3) is 0 Å². The van der Waals surface area contributed by atoms with Crippen LogP contribution in [0.3, 0.4) is 0 Å². The van der Waals surface area contributed by atoms with E-state index in [-0.39, 0.29) is 5.78 Å². The van der Waals surface area contributed by atoms with Crippen LogP contribution in [0.25, 0.3) is 0 Å². The second kappa shape index (κ2) is 7.05. The molecule has 0 N–H and O–H groups in total. The van der Waals surface area contributed by atoms with Crippen LogP contribution in [0.5, 0.6) is 5.75 Å². The predicted octanol–water partition coefficient (Wildman–Crippen LogP) is 2.77. The van der Waals surface area contributed by atoms with E-state index < -0.39 is 5.54 Å². The highest BCUT2D eigenvalue weighted by Gasteiger charge is 2.35. The molecule has 4 heteroatoms. The van der Waals surface area contributed by atoms with Gasteiger partial charge in [-0.05, 0) is 44.5 Å². The van der Waals surface area contributed by atoms with E-state index in [4.69, 9.17) is 9.47 Å². The number of carbonyl (C=O) groups is 1. The summed E-state index contributed by atoms with van der Waals surface area (Å²) in [5, 5.41) is 0. The first kappa shape index (κ1) is 16.0. The lowest BCUT2D eigenvalue weighted by molar-refractivity contribution is -0.00429. The maximum Gasteiger partial charge on any atom is 0.182 e. The van der Waals surface area contributed by atoms with Crippen molar-refractivity contribution in [3.8, 4) is 5.75 Å². The van der Waals surface area contributed by atoms with Crippen molar-refractivity contribution in [1.82, 2.24) is 4.90 Å². The Morgan fingerprint density at radius 1 is 1.24 bits per heavy atom. The summed E-state index contributed by atoms with van der Waals surface area (Å²) in [7, 11) is 0. The molecule has 0 saturated carbocycles. The van der Waals surface area contributed by atoms with Gasteiger partial charge < -0.3 is 9.47 Å². The molecule has 1 fully saturated rings. The molecule has 1 heterocycles. The normalized spacial score (nSPS) is 16.7. The standard InChI is InChI=1S/C17H25NO3/c1-4-11-21-15-7-5-14(6-8-15)16(19)17(2,3)18-9-12-20-13-10-18/h5-8H,4,9-13H2,1-3H3. The lowest BCUT2D eigenvalue weighted by Crippen LogP contribution is -2.54. The summed E-state index contributed by atoms with van der Waals surface area (Å²) in [5.41, 5.74) is 0.227. The first-order valence-electron chi connectivity index (χ1n) is 7.66. The number of morpholine rings is 1. The van der Waals surface area contributed by atoms with Gasteiger partial charge >= 0.3 is 0 Å². The third-order valence-corrected chi connectivity index (χ3v) is 3.95. The molecular formula is C17H25NO3. The summed E-state index contributed by atoms with van der Waals surface area (Å²) in [6.45, 7) is 9.74. The van der Waals surface area contributed by atoms with E-state index in [0.717, 1.165) is 30.8 Å². The Kier molecular flexibility index (Phi) is 5.37. The van der Waals surface area contributed by atoms with Crippen molar-refractivity contribution in [3.63, 3.8) is 0 Å². The summed E-state index contributed by atoms with van der Waals surface area (Å²) < 4.78 is 10.9. The summed E-state index contributed by atoms with van der Waals surface area (Å²) in [6, 6.07) is 7.46. The van der Waals surface area contributed by atoms with Crippen molar-refractivity contribution in [2.75, 3.05) is 32.9 Å². The minimum Gasteiger partial charge on any atom is -0.494 e. The summed E-state index contributed by atoms with van der Waals surface area (Å²) >= 11 is 0. The number of ketones is 1. The second-order valence-electron chi connectivity index (χ2n) is 5.86. The van der Waals surface area contributed by atoms with Crippen LogP contribution in [0.2, 0.25) is 0 Å². The van der Waals surface area contributed by atoms with Gasteiger partial charge in [0.05, 0.1) is 25.4 Å². The molecule has 1 aliphatic rings. The fourth-order valence-corrected chi connectivity index (χ4v) is 2.54. The first-order chi connectivity index (χ1) is 10.1. The Hall–Kier alpha value is -1.39. The van der Waals surface area contributed by atoms with Crippen LogP contribution in [-0.2, 0) is 4.74 Å². The molecule has 0 unspecified atom stereocenters. The number of hydrogen-bond donors (Lipinski definition) is 0. The monoisotopic (exact) mass is 291 g/mol. The zero-order valence-electron chi connectivity index (χ0n) is 13.2. The first-order valence-corrected chi connectivity index (χ1v) is 7.66.